The van der Waals surface area contributed by atoms with Crippen molar-refractivity contribution in [2.75, 3.05) is 13.7 Å². The van der Waals surface area contributed by atoms with Crippen LogP contribution in [-0.4, -0.2) is 24.9 Å². The molecule has 0 aliphatic carbocycles. The van der Waals surface area contributed by atoms with Crippen LogP contribution >= 0.6 is 0 Å². The number of methoxy groups -OCH3 is 1. The average Bonchev–Trinajstić information content (AvgIpc) is 2.34. The summed E-state index contributed by atoms with van der Waals surface area (Å²) in [4.78, 5) is 0. The van der Waals surface area contributed by atoms with Gasteiger partial charge in [-0.1, -0.05) is 0 Å². The number of halogens is 3. The van der Waals surface area contributed by atoms with E-state index in [9.17, 15) is 18.3 Å². The van der Waals surface area contributed by atoms with Crippen molar-refractivity contribution in [3.8, 4) is 11.5 Å². The third-order valence-electron chi connectivity index (χ3n) is 2.79. The molecule has 3 nitrogen and oxygen atoms in total. The second-order valence-corrected chi connectivity index (χ2v) is 4.32. The van der Waals surface area contributed by atoms with Crippen LogP contribution in [0.1, 0.15) is 31.4 Å². The van der Waals surface area contributed by atoms with Gasteiger partial charge in [-0.2, -0.15) is 13.2 Å². The third kappa shape index (κ3) is 5.38. The predicted molar refractivity (Wildman–Crippen MR) is 66.4 cm³/mol. The van der Waals surface area contributed by atoms with Gasteiger partial charge in [-0.3, -0.25) is 0 Å². The number of hydrogen-bond acceptors (Lipinski definition) is 3. The minimum Gasteiger partial charge on any atom is -0.508 e. The number of rotatable bonds is 6. The second-order valence-electron chi connectivity index (χ2n) is 4.32. The van der Waals surface area contributed by atoms with Gasteiger partial charge in [0.2, 0.25) is 0 Å². The number of phenols is 1. The van der Waals surface area contributed by atoms with E-state index in [-0.39, 0.29) is 24.8 Å². The van der Waals surface area contributed by atoms with Crippen molar-refractivity contribution >= 4 is 0 Å². The summed E-state index contributed by atoms with van der Waals surface area (Å²) in [7, 11) is 1.51. The molecule has 1 unspecified atom stereocenters. The van der Waals surface area contributed by atoms with Crippen molar-refractivity contribution in [1.29, 1.82) is 0 Å². The van der Waals surface area contributed by atoms with Crippen LogP contribution in [0.2, 0.25) is 0 Å². The van der Waals surface area contributed by atoms with E-state index >= 15 is 0 Å². The third-order valence-corrected chi connectivity index (χ3v) is 2.79. The molecule has 0 saturated heterocycles. The van der Waals surface area contributed by atoms with E-state index in [0.29, 0.717) is 11.3 Å². The SMILES string of the molecule is COc1ccc(O)c(C(C)NCCCC(F)(F)F)c1. The summed E-state index contributed by atoms with van der Waals surface area (Å²) in [6, 6.07) is 4.54. The van der Waals surface area contributed by atoms with Crippen LogP contribution in [0.15, 0.2) is 18.2 Å². The maximum Gasteiger partial charge on any atom is 0.389 e. The fraction of sp³-hybridized carbons (Fsp3) is 0.538. The zero-order valence-corrected chi connectivity index (χ0v) is 10.9. The Morgan fingerprint density at radius 1 is 1.37 bits per heavy atom. The van der Waals surface area contributed by atoms with Crippen LogP contribution in [-0.2, 0) is 0 Å². The van der Waals surface area contributed by atoms with E-state index in [1.807, 2.05) is 0 Å². The van der Waals surface area contributed by atoms with Crippen molar-refractivity contribution < 1.29 is 23.0 Å². The number of nitrogens with one attached hydrogen (secondary N) is 1. The first-order valence-electron chi connectivity index (χ1n) is 6.00. The van der Waals surface area contributed by atoms with Crippen molar-refractivity contribution in [3.63, 3.8) is 0 Å². The number of hydrogen-bond donors (Lipinski definition) is 2. The zero-order valence-electron chi connectivity index (χ0n) is 10.9. The Morgan fingerprint density at radius 2 is 2.05 bits per heavy atom. The van der Waals surface area contributed by atoms with Gasteiger partial charge in [0.15, 0.2) is 0 Å². The standard InChI is InChI=1S/C13H18F3NO2/c1-9(17-7-3-6-13(14,15)16)11-8-10(19-2)4-5-12(11)18/h4-5,8-9,17-18H,3,6-7H2,1-2H3. The molecular formula is C13H18F3NO2. The lowest BCUT2D eigenvalue weighted by Gasteiger charge is -2.16. The van der Waals surface area contributed by atoms with Crippen LogP contribution in [0, 0.1) is 0 Å². The Bertz CT molecular complexity index is 407. The molecule has 0 fully saturated rings. The van der Waals surface area contributed by atoms with Crippen LogP contribution in [0.3, 0.4) is 0 Å². The second kappa shape index (κ2) is 6.65. The number of benzene rings is 1. The minimum absolute atomic E-state index is 0.0125. The zero-order chi connectivity index (χ0) is 14.5. The molecule has 6 heteroatoms. The van der Waals surface area contributed by atoms with Crippen LogP contribution < -0.4 is 10.1 Å². The Balaban J connectivity index is 2.51. The molecule has 0 aliphatic rings. The molecule has 0 aromatic heterocycles. The highest BCUT2D eigenvalue weighted by atomic mass is 19.4. The van der Waals surface area contributed by atoms with Crippen LogP contribution in [0.25, 0.3) is 0 Å². The van der Waals surface area contributed by atoms with Crippen molar-refractivity contribution in [2.45, 2.75) is 32.0 Å². The summed E-state index contributed by atoms with van der Waals surface area (Å²) < 4.78 is 41.0. The fourth-order valence-electron chi connectivity index (χ4n) is 1.72. The summed E-state index contributed by atoms with van der Waals surface area (Å²) >= 11 is 0. The molecule has 2 N–H and O–H groups in total. The highest BCUT2D eigenvalue weighted by Crippen LogP contribution is 2.28. The lowest BCUT2D eigenvalue weighted by molar-refractivity contribution is -0.135. The smallest absolute Gasteiger partial charge is 0.389 e. The number of alkyl halides is 3. The largest absolute Gasteiger partial charge is 0.508 e. The first-order chi connectivity index (χ1) is 8.83. The van der Waals surface area contributed by atoms with Gasteiger partial charge in [-0.15, -0.1) is 0 Å². The molecule has 1 rings (SSSR count). The van der Waals surface area contributed by atoms with Gasteiger partial charge in [0.1, 0.15) is 11.5 Å². The Morgan fingerprint density at radius 3 is 2.63 bits per heavy atom. The minimum atomic E-state index is -4.12. The molecule has 0 bridgehead atoms. The molecule has 1 atom stereocenters. The number of ether oxygens (including phenoxy) is 1. The molecule has 0 radical (unpaired) electrons. The van der Waals surface area contributed by atoms with Gasteiger partial charge >= 0.3 is 6.18 Å². The van der Waals surface area contributed by atoms with Crippen LogP contribution in [0.4, 0.5) is 13.2 Å². The first-order valence-corrected chi connectivity index (χ1v) is 6.00. The van der Waals surface area contributed by atoms with Gasteiger partial charge in [0.25, 0.3) is 0 Å². The van der Waals surface area contributed by atoms with Crippen molar-refractivity contribution in [3.05, 3.63) is 23.8 Å². The summed E-state index contributed by atoms with van der Waals surface area (Å²) in [6.45, 7) is 2.01. The molecule has 1 aromatic carbocycles. The molecule has 0 saturated carbocycles. The van der Waals surface area contributed by atoms with Crippen LogP contribution in [0.5, 0.6) is 11.5 Å². The first kappa shape index (κ1) is 15.6. The summed E-state index contributed by atoms with van der Waals surface area (Å²) in [5.41, 5.74) is 0.603. The molecule has 0 amide bonds. The molecule has 0 aliphatic heterocycles. The lowest BCUT2D eigenvalue weighted by atomic mass is 10.1. The molecule has 0 heterocycles. The summed E-state index contributed by atoms with van der Waals surface area (Å²) in [5.74, 6) is 0.688. The Labute approximate surface area is 110 Å². The van der Waals surface area contributed by atoms with E-state index < -0.39 is 12.6 Å². The average molecular weight is 277 g/mol. The van der Waals surface area contributed by atoms with E-state index in [1.165, 1.54) is 13.2 Å². The topological polar surface area (TPSA) is 41.5 Å². The quantitative estimate of drug-likeness (QED) is 0.783. The van der Waals surface area contributed by atoms with Gasteiger partial charge in [-0.05, 0) is 38.1 Å². The Hall–Kier alpha value is -1.43. The van der Waals surface area contributed by atoms with Crippen molar-refractivity contribution in [2.24, 2.45) is 0 Å². The molecular weight excluding hydrogens is 259 g/mol. The summed E-state index contributed by atoms with van der Waals surface area (Å²) in [5, 5.41) is 12.7. The normalized spacial score (nSPS) is 13.3. The molecule has 108 valence electrons. The van der Waals surface area contributed by atoms with Gasteiger partial charge in [0.05, 0.1) is 7.11 Å². The molecule has 19 heavy (non-hydrogen) atoms. The highest BCUT2D eigenvalue weighted by Gasteiger charge is 2.26. The highest BCUT2D eigenvalue weighted by molar-refractivity contribution is 5.41. The van der Waals surface area contributed by atoms with Gasteiger partial charge in [0, 0.05) is 18.0 Å². The van der Waals surface area contributed by atoms with Gasteiger partial charge < -0.3 is 15.2 Å². The van der Waals surface area contributed by atoms with E-state index in [1.54, 1.807) is 19.1 Å². The maximum absolute atomic E-state index is 12.0. The fourth-order valence-corrected chi connectivity index (χ4v) is 1.72. The summed E-state index contributed by atoms with van der Waals surface area (Å²) in [6.07, 6.45) is -4.92. The van der Waals surface area contributed by atoms with Crippen molar-refractivity contribution in [1.82, 2.24) is 5.32 Å². The van der Waals surface area contributed by atoms with E-state index in [2.05, 4.69) is 5.32 Å². The van der Waals surface area contributed by atoms with E-state index in [4.69, 9.17) is 4.74 Å². The van der Waals surface area contributed by atoms with E-state index in [0.717, 1.165) is 0 Å². The number of aromatic hydroxyl groups is 1. The molecule has 0 spiro atoms. The monoisotopic (exact) mass is 277 g/mol. The van der Waals surface area contributed by atoms with Gasteiger partial charge in [-0.25, -0.2) is 0 Å². The number of phenolic OH excluding ortho intramolecular Hbond substituents is 1. The predicted octanol–water partition coefficient (Wildman–Crippen LogP) is 3.39. The Kier molecular flexibility index (Phi) is 5.47. The molecule has 1 aromatic rings. The lowest BCUT2D eigenvalue weighted by Crippen LogP contribution is -2.21. The maximum atomic E-state index is 12.0.